The van der Waals surface area contributed by atoms with Gasteiger partial charge in [0.15, 0.2) is 6.61 Å². The zero-order chi connectivity index (χ0) is 26.2. The Balaban J connectivity index is 1.42. The summed E-state index contributed by atoms with van der Waals surface area (Å²) >= 11 is 0. The molecule has 0 saturated carbocycles. The van der Waals surface area contributed by atoms with Gasteiger partial charge < -0.3 is 10.1 Å². The average Bonchev–Trinajstić information content (AvgIpc) is 2.86. The summed E-state index contributed by atoms with van der Waals surface area (Å²) in [6.07, 6.45) is 0. The van der Waals surface area contributed by atoms with E-state index in [1.807, 2.05) is 37.3 Å². The molecule has 0 fully saturated rings. The first kappa shape index (κ1) is 27.3. The predicted molar refractivity (Wildman–Crippen MR) is 136 cm³/mol. The van der Waals surface area contributed by atoms with Crippen LogP contribution in [0.1, 0.15) is 24.1 Å². The highest BCUT2D eigenvalue weighted by molar-refractivity contribution is 7.89. The Bertz CT molecular complexity index is 1360. The van der Waals surface area contributed by atoms with Crippen LogP contribution in [0.25, 0.3) is 0 Å². The lowest BCUT2D eigenvalue weighted by Crippen LogP contribution is -2.36. The number of amides is 1. The predicted octanol–water partition coefficient (Wildman–Crippen LogP) is 2.51. The Labute approximate surface area is 212 Å². The SMILES string of the molecule is Cc1ccc(S(=O)(=O)NCCNC(=O)COc2ccc(S(=O)(=O)NC(C)c3ccccc3)cc2)cc1. The fourth-order valence-electron chi connectivity index (χ4n) is 3.21. The Morgan fingerprint density at radius 3 is 2.03 bits per heavy atom. The number of hydrogen-bond acceptors (Lipinski definition) is 6. The zero-order valence-electron chi connectivity index (χ0n) is 20.0. The normalized spacial score (nSPS) is 12.6. The number of hydrogen-bond donors (Lipinski definition) is 3. The Morgan fingerprint density at radius 1 is 0.806 bits per heavy atom. The second kappa shape index (κ2) is 12.1. The molecular weight excluding hydrogens is 502 g/mol. The molecule has 0 bridgehead atoms. The van der Waals surface area contributed by atoms with E-state index in [4.69, 9.17) is 4.74 Å². The molecule has 11 heteroatoms. The summed E-state index contributed by atoms with van der Waals surface area (Å²) in [6, 6.07) is 21.0. The summed E-state index contributed by atoms with van der Waals surface area (Å²) in [6.45, 7) is 3.41. The van der Waals surface area contributed by atoms with Gasteiger partial charge in [-0.1, -0.05) is 48.0 Å². The number of sulfonamides is 2. The van der Waals surface area contributed by atoms with E-state index in [-0.39, 0.29) is 29.5 Å². The molecule has 0 aliphatic heterocycles. The Kier molecular flexibility index (Phi) is 9.21. The van der Waals surface area contributed by atoms with Crippen LogP contribution in [-0.2, 0) is 24.8 Å². The third-order valence-corrected chi connectivity index (χ3v) is 8.24. The van der Waals surface area contributed by atoms with E-state index in [0.29, 0.717) is 5.75 Å². The lowest BCUT2D eigenvalue weighted by molar-refractivity contribution is -0.123. The highest BCUT2D eigenvalue weighted by Crippen LogP contribution is 2.19. The van der Waals surface area contributed by atoms with Crippen molar-refractivity contribution in [2.75, 3.05) is 19.7 Å². The molecule has 1 atom stereocenters. The number of ether oxygens (including phenoxy) is 1. The van der Waals surface area contributed by atoms with Crippen molar-refractivity contribution in [3.8, 4) is 5.75 Å². The van der Waals surface area contributed by atoms with Crippen LogP contribution in [0.3, 0.4) is 0 Å². The maximum absolute atomic E-state index is 12.7. The summed E-state index contributed by atoms with van der Waals surface area (Å²) < 4.78 is 60.2. The van der Waals surface area contributed by atoms with Crippen molar-refractivity contribution in [1.29, 1.82) is 0 Å². The van der Waals surface area contributed by atoms with Gasteiger partial charge in [-0.25, -0.2) is 26.3 Å². The molecule has 1 unspecified atom stereocenters. The molecule has 3 rings (SSSR count). The minimum Gasteiger partial charge on any atom is -0.484 e. The van der Waals surface area contributed by atoms with Gasteiger partial charge in [-0.2, -0.15) is 0 Å². The van der Waals surface area contributed by atoms with Crippen molar-refractivity contribution in [3.05, 3.63) is 90.0 Å². The van der Waals surface area contributed by atoms with Gasteiger partial charge in [0.05, 0.1) is 9.79 Å². The molecule has 0 heterocycles. The molecule has 0 saturated heterocycles. The van der Waals surface area contributed by atoms with E-state index in [1.54, 1.807) is 19.1 Å². The smallest absolute Gasteiger partial charge is 0.257 e. The summed E-state index contributed by atoms with van der Waals surface area (Å²) in [4.78, 5) is 12.2. The fraction of sp³-hybridized carbons (Fsp3) is 0.240. The number of aryl methyl sites for hydroxylation is 1. The second-order valence-corrected chi connectivity index (χ2v) is 11.6. The maximum atomic E-state index is 12.7. The van der Waals surface area contributed by atoms with Crippen molar-refractivity contribution in [2.45, 2.75) is 29.7 Å². The molecule has 3 aromatic carbocycles. The van der Waals surface area contributed by atoms with Crippen LogP contribution >= 0.6 is 0 Å². The summed E-state index contributed by atoms with van der Waals surface area (Å²) in [7, 11) is -7.40. The third-order valence-electron chi connectivity index (χ3n) is 5.21. The molecule has 3 N–H and O–H groups in total. The minimum absolute atomic E-state index is 0.0168. The van der Waals surface area contributed by atoms with E-state index in [2.05, 4.69) is 14.8 Å². The highest BCUT2D eigenvalue weighted by Gasteiger charge is 2.18. The van der Waals surface area contributed by atoms with Gasteiger partial charge in [0.1, 0.15) is 5.75 Å². The lowest BCUT2D eigenvalue weighted by Gasteiger charge is -2.15. The highest BCUT2D eigenvalue weighted by atomic mass is 32.2. The third kappa shape index (κ3) is 7.89. The topological polar surface area (TPSA) is 131 Å². The van der Waals surface area contributed by atoms with Crippen molar-refractivity contribution in [1.82, 2.24) is 14.8 Å². The van der Waals surface area contributed by atoms with E-state index in [1.165, 1.54) is 36.4 Å². The first-order valence-electron chi connectivity index (χ1n) is 11.2. The van der Waals surface area contributed by atoms with E-state index in [0.717, 1.165) is 11.1 Å². The van der Waals surface area contributed by atoms with Crippen LogP contribution < -0.4 is 19.5 Å². The first-order chi connectivity index (χ1) is 17.1. The fourth-order valence-corrected chi connectivity index (χ4v) is 5.48. The zero-order valence-corrected chi connectivity index (χ0v) is 21.6. The van der Waals surface area contributed by atoms with Gasteiger partial charge in [0.25, 0.3) is 5.91 Å². The van der Waals surface area contributed by atoms with Crippen LogP contribution in [0.15, 0.2) is 88.7 Å². The molecule has 0 aromatic heterocycles. The van der Waals surface area contributed by atoms with Crippen LogP contribution in [0, 0.1) is 6.92 Å². The lowest BCUT2D eigenvalue weighted by atomic mass is 10.1. The quantitative estimate of drug-likeness (QED) is 0.308. The molecule has 0 spiro atoms. The minimum atomic E-state index is -3.75. The Hall–Kier alpha value is -3.25. The van der Waals surface area contributed by atoms with Crippen LogP contribution in [0.5, 0.6) is 5.75 Å². The molecule has 0 radical (unpaired) electrons. The number of nitrogens with one attached hydrogen (secondary N) is 3. The molecule has 192 valence electrons. The van der Waals surface area contributed by atoms with Crippen molar-refractivity contribution in [3.63, 3.8) is 0 Å². The summed E-state index contributed by atoms with van der Waals surface area (Å²) in [5.74, 6) is -0.125. The number of benzene rings is 3. The molecular formula is C25H29N3O6S2. The van der Waals surface area contributed by atoms with Crippen LogP contribution in [0.4, 0.5) is 0 Å². The van der Waals surface area contributed by atoms with Gasteiger partial charge in [-0.3, -0.25) is 4.79 Å². The van der Waals surface area contributed by atoms with Gasteiger partial charge in [-0.05, 0) is 55.8 Å². The largest absolute Gasteiger partial charge is 0.484 e. The molecule has 0 aliphatic carbocycles. The van der Waals surface area contributed by atoms with E-state index < -0.39 is 32.0 Å². The molecule has 0 aliphatic rings. The first-order valence-corrected chi connectivity index (χ1v) is 14.2. The molecule has 9 nitrogen and oxygen atoms in total. The van der Waals surface area contributed by atoms with Crippen LogP contribution in [0.2, 0.25) is 0 Å². The number of carbonyl (C=O) groups excluding carboxylic acids is 1. The maximum Gasteiger partial charge on any atom is 0.257 e. The van der Waals surface area contributed by atoms with Crippen molar-refractivity contribution in [2.24, 2.45) is 0 Å². The molecule has 1 amide bonds. The number of rotatable bonds is 12. The Morgan fingerprint density at radius 2 is 1.39 bits per heavy atom. The summed E-state index contributed by atoms with van der Waals surface area (Å²) in [5.41, 5.74) is 1.79. The monoisotopic (exact) mass is 531 g/mol. The van der Waals surface area contributed by atoms with Gasteiger partial charge in [0.2, 0.25) is 20.0 Å². The molecule has 36 heavy (non-hydrogen) atoms. The number of carbonyl (C=O) groups is 1. The van der Waals surface area contributed by atoms with Gasteiger partial charge in [-0.15, -0.1) is 0 Å². The molecule has 3 aromatic rings. The summed E-state index contributed by atoms with van der Waals surface area (Å²) in [5, 5.41) is 2.56. The van der Waals surface area contributed by atoms with Crippen molar-refractivity contribution < 1.29 is 26.4 Å². The second-order valence-electron chi connectivity index (χ2n) is 8.07. The standard InChI is InChI=1S/C25H29N3O6S2/c1-19-8-12-23(13-9-19)35(30,31)27-17-16-26-25(29)18-34-22-10-14-24(15-11-22)36(32,33)28-20(2)21-6-4-3-5-7-21/h3-15,20,27-28H,16-18H2,1-2H3,(H,26,29). The van der Waals surface area contributed by atoms with Crippen LogP contribution in [-0.4, -0.2) is 42.4 Å². The van der Waals surface area contributed by atoms with Gasteiger partial charge >= 0.3 is 0 Å². The van der Waals surface area contributed by atoms with Crippen molar-refractivity contribution >= 4 is 26.0 Å². The van der Waals surface area contributed by atoms with Gasteiger partial charge in [0, 0.05) is 19.1 Å². The van der Waals surface area contributed by atoms with E-state index in [9.17, 15) is 21.6 Å². The average molecular weight is 532 g/mol. The van der Waals surface area contributed by atoms with E-state index >= 15 is 0 Å².